The molecule has 2 saturated carbocycles. The van der Waals surface area contributed by atoms with E-state index in [4.69, 9.17) is 51.6 Å². The minimum absolute atomic E-state index is 0.0532. The zero-order valence-electron chi connectivity index (χ0n) is 43.0. The Morgan fingerprint density at radius 3 is 2.02 bits per heavy atom. The van der Waals surface area contributed by atoms with Gasteiger partial charge in [-0.15, -0.1) is 10.2 Å². The van der Waals surface area contributed by atoms with E-state index in [-0.39, 0.29) is 33.7 Å². The van der Waals surface area contributed by atoms with Crippen LogP contribution < -0.4 is 15.4 Å². The lowest BCUT2D eigenvalue weighted by Crippen LogP contribution is -2.49. The lowest BCUT2D eigenvalue weighted by Gasteiger charge is -2.34. The maximum absolute atomic E-state index is 13.8. The van der Waals surface area contributed by atoms with E-state index in [1.165, 1.54) is 12.4 Å². The molecule has 2 unspecified atom stereocenters. The third kappa shape index (κ3) is 13.0. The molecule has 2 saturated heterocycles. The number of tetrazole rings is 1. The first-order chi connectivity index (χ1) is 38.4. The van der Waals surface area contributed by atoms with Crippen molar-refractivity contribution in [1.29, 1.82) is 0 Å². The molecule has 0 spiro atoms. The van der Waals surface area contributed by atoms with E-state index in [0.717, 1.165) is 68.5 Å². The number of fused-ring (bicyclic) bond motifs is 2. The number of aliphatic hydroxyl groups is 4. The second-order valence-corrected chi connectivity index (χ2v) is 26.3. The van der Waals surface area contributed by atoms with Crippen LogP contribution in [0.2, 0.25) is 10.6 Å². The standard InChI is InChI=1S/C41H60Cl2N16O19P2S/c1-57(19-74-31-25(16-75-40(17-60,79(65,66)67)10-26-52-55-56-53-26)78-37(30(31)64)59-34-22(13-45-59)32(48-38(42)50-34)44-12-20-6-5-7-20)81(71,72)54-27(61)11-41(18-73-2,80(68,69)70)76-15-24-28(62)29(63)36(77-24)58-35-23(14-46-58)33(49-39(43)51-35)47-21-8-3-4-9-21/h13-14,20-21,24-25,28-31,36-37,60,62-64H,3-12,15-19H2,1-2H3,(H,54,61)(H,44,48,50)(H,47,49,51)(H2,65,66,67)(H2,68,69,70)(H,52,53,55,56)/t24-,25-,28-,29-,30-,31-,36-,37-,40?,41?/m1/s1. The molecule has 0 bridgehead atoms. The van der Waals surface area contributed by atoms with Gasteiger partial charge in [-0.05, 0) is 54.8 Å². The number of nitrogens with zero attached hydrogens (tertiary/aromatic N) is 12. The summed E-state index contributed by atoms with van der Waals surface area (Å²) in [6.07, 6.45) is -5.71. The number of amides is 1. The summed E-state index contributed by atoms with van der Waals surface area (Å²) in [4.78, 5) is 73.1. The van der Waals surface area contributed by atoms with Gasteiger partial charge in [-0.3, -0.25) is 13.9 Å². The second kappa shape index (κ2) is 24.7. The third-order valence-electron chi connectivity index (χ3n) is 14.5. The van der Waals surface area contributed by atoms with Crippen molar-refractivity contribution in [2.24, 2.45) is 5.92 Å². The molecular weight excluding hydrogens is 1190 g/mol. The number of carbonyl (C=O) groups is 1. The normalized spacial score (nSPS) is 25.6. The Labute approximate surface area is 469 Å². The van der Waals surface area contributed by atoms with Gasteiger partial charge in [0.15, 0.2) is 34.9 Å². The van der Waals surface area contributed by atoms with Gasteiger partial charge in [0, 0.05) is 26.7 Å². The molecule has 35 nitrogen and oxygen atoms in total. The average Bonchev–Trinajstić information content (AvgIpc) is 4.32. The molecule has 5 aromatic rings. The maximum Gasteiger partial charge on any atom is 0.360 e. The Bertz CT molecular complexity index is 3230. The van der Waals surface area contributed by atoms with Gasteiger partial charge in [0.2, 0.25) is 21.8 Å². The predicted molar refractivity (Wildman–Crippen MR) is 276 cm³/mol. The van der Waals surface area contributed by atoms with E-state index in [1.807, 2.05) is 0 Å². The molecule has 0 aromatic carbocycles. The van der Waals surface area contributed by atoms with Crippen molar-refractivity contribution in [2.45, 2.75) is 124 Å². The number of carbonyl (C=O) groups excluding carboxylic acids is 1. The second-order valence-electron chi connectivity index (χ2n) is 20.0. The fourth-order valence-corrected chi connectivity index (χ4v) is 12.5. The monoisotopic (exact) mass is 1240 g/mol. The zero-order valence-corrected chi connectivity index (χ0v) is 47.1. The van der Waals surface area contributed by atoms with E-state index in [2.05, 4.69) is 61.4 Å². The van der Waals surface area contributed by atoms with Crippen molar-refractivity contribution in [3.63, 3.8) is 0 Å². The van der Waals surface area contributed by atoms with Gasteiger partial charge in [-0.2, -0.15) is 48.1 Å². The van der Waals surface area contributed by atoms with Gasteiger partial charge < -0.3 is 79.1 Å². The highest BCUT2D eigenvalue weighted by Gasteiger charge is 2.55. The molecule has 4 fully saturated rings. The molecule has 1 amide bonds. The molecule has 4 aliphatic rings. The molecule has 10 atom stereocenters. The Morgan fingerprint density at radius 2 is 1.44 bits per heavy atom. The Balaban J connectivity index is 0.895. The smallest absolute Gasteiger partial charge is 0.360 e. The number of H-pyrrole nitrogens is 1. The maximum atomic E-state index is 13.8. The molecule has 81 heavy (non-hydrogen) atoms. The van der Waals surface area contributed by atoms with Crippen LogP contribution in [0.1, 0.15) is 69.6 Å². The number of methoxy groups -OCH3 is 1. The number of hydrogen-bond acceptors (Lipinski definition) is 26. The van der Waals surface area contributed by atoms with Gasteiger partial charge in [-0.1, -0.05) is 24.5 Å². The lowest BCUT2D eigenvalue weighted by atomic mass is 9.85. The first kappa shape index (κ1) is 61.2. The van der Waals surface area contributed by atoms with E-state index >= 15 is 0 Å². The molecule has 5 aromatic heterocycles. The average molecular weight is 1250 g/mol. The number of rotatable bonds is 27. The number of anilines is 2. The van der Waals surface area contributed by atoms with Crippen LogP contribution in [0.3, 0.4) is 0 Å². The fraction of sp³-hybridized carbons (Fsp3) is 0.707. The fourth-order valence-electron chi connectivity index (χ4n) is 9.77. The third-order valence-corrected chi connectivity index (χ3v) is 19.3. The van der Waals surface area contributed by atoms with E-state index < -0.39 is 137 Å². The minimum Gasteiger partial charge on any atom is -0.393 e. The molecule has 40 heteroatoms. The van der Waals surface area contributed by atoms with Crippen molar-refractivity contribution in [3.05, 3.63) is 28.8 Å². The molecule has 9 rings (SSSR count). The highest BCUT2D eigenvalue weighted by atomic mass is 35.5. The van der Waals surface area contributed by atoms with Crippen molar-refractivity contribution >= 4 is 88.2 Å². The molecule has 0 radical (unpaired) electrons. The Morgan fingerprint density at radius 1 is 0.852 bits per heavy atom. The van der Waals surface area contributed by atoms with Crippen LogP contribution in [0.5, 0.6) is 0 Å². The van der Waals surface area contributed by atoms with Crippen LogP contribution in [0.4, 0.5) is 11.6 Å². The highest BCUT2D eigenvalue weighted by Crippen LogP contribution is 2.55. The van der Waals surface area contributed by atoms with Gasteiger partial charge in [0.05, 0.1) is 62.4 Å². The Kier molecular flexibility index (Phi) is 18.7. The topological polar surface area (TPSA) is 484 Å². The summed E-state index contributed by atoms with van der Waals surface area (Å²) >= 11 is 12.6. The van der Waals surface area contributed by atoms with Crippen LogP contribution in [0.25, 0.3) is 22.1 Å². The van der Waals surface area contributed by atoms with Crippen molar-refractivity contribution in [1.82, 2.24) is 69.1 Å². The summed E-state index contributed by atoms with van der Waals surface area (Å²) in [7, 11) is -14.3. The minimum atomic E-state index is -5.68. The number of aromatic amines is 1. The summed E-state index contributed by atoms with van der Waals surface area (Å²) in [5, 5.41) is 67.4. The highest BCUT2D eigenvalue weighted by molar-refractivity contribution is 7.87. The number of hydrogen-bond donors (Lipinski definition) is 12. The number of halogens is 2. The number of aromatic nitrogens is 12. The molecule has 448 valence electrons. The lowest BCUT2D eigenvalue weighted by molar-refractivity contribution is -0.135. The number of ether oxygens (including phenoxy) is 6. The first-order valence-corrected chi connectivity index (χ1v) is 30.6. The van der Waals surface area contributed by atoms with Crippen molar-refractivity contribution in [2.75, 3.05) is 64.5 Å². The van der Waals surface area contributed by atoms with Crippen LogP contribution in [0, 0.1) is 5.92 Å². The largest absolute Gasteiger partial charge is 0.393 e. The summed E-state index contributed by atoms with van der Waals surface area (Å²) in [5.74, 6) is -0.741. The summed E-state index contributed by atoms with van der Waals surface area (Å²) < 4.78 is 92.6. The van der Waals surface area contributed by atoms with Crippen LogP contribution >= 0.6 is 38.4 Å². The van der Waals surface area contributed by atoms with E-state index in [0.29, 0.717) is 39.2 Å². The number of nitrogens with one attached hydrogen (secondary N) is 4. The van der Waals surface area contributed by atoms with Gasteiger partial charge in [-0.25, -0.2) is 14.1 Å². The van der Waals surface area contributed by atoms with E-state index in [9.17, 15) is 62.3 Å². The molecule has 2 aliphatic heterocycles. The van der Waals surface area contributed by atoms with Gasteiger partial charge in [0.25, 0.3) is 0 Å². The zero-order chi connectivity index (χ0) is 58.2. The molecular formula is C41H60Cl2N16O19P2S. The summed E-state index contributed by atoms with van der Waals surface area (Å²) in [6, 6.07) is 0.116. The molecule has 12 N–H and O–H groups in total. The van der Waals surface area contributed by atoms with Crippen LogP contribution in [0.15, 0.2) is 12.4 Å². The van der Waals surface area contributed by atoms with E-state index in [1.54, 1.807) is 4.72 Å². The SMILES string of the molecule is COCC(CC(=O)NS(=O)(=O)N(C)CO[C@H]1[C@@H](O)[C@H](n2ncc3c(NCC4CCC4)nc(Cl)nc32)O[C@@H]1COC(CO)(Cc1nn[nH]n1)P(=O)(O)O)(OC[C@H]1O[C@@H](n2ncc3c(NC4CCCC4)nc(Cl)nc32)[C@H](O)[C@@H]1O)P(=O)(O)O. The van der Waals surface area contributed by atoms with Crippen molar-refractivity contribution in [3.8, 4) is 0 Å². The van der Waals surface area contributed by atoms with Gasteiger partial charge in [0.1, 0.15) is 55.0 Å². The summed E-state index contributed by atoms with van der Waals surface area (Å²) in [5.41, 5.74) is 0.166. The van der Waals surface area contributed by atoms with Crippen LogP contribution in [-0.2, 0) is 59.0 Å². The van der Waals surface area contributed by atoms with Crippen LogP contribution in [-0.4, -0.2) is 226 Å². The van der Waals surface area contributed by atoms with Gasteiger partial charge >= 0.3 is 25.4 Å². The number of aliphatic hydroxyl groups excluding tert-OH is 4. The molecule has 2 aliphatic carbocycles. The van der Waals surface area contributed by atoms with Crippen molar-refractivity contribution < 1.29 is 90.8 Å². The Hall–Kier alpha value is -4.37. The summed E-state index contributed by atoms with van der Waals surface area (Å²) in [6.45, 7) is -4.61. The first-order valence-electron chi connectivity index (χ1n) is 25.1. The predicted octanol–water partition coefficient (Wildman–Crippen LogP) is -1.38. The quantitative estimate of drug-likeness (QED) is 0.0164. The molecule has 7 heterocycles.